The Hall–Kier alpha value is -0.570. The minimum absolute atomic E-state index is 0.262. The maximum absolute atomic E-state index is 10.2. The average Bonchev–Trinajstić information content (AvgIpc) is 2.33. The maximum atomic E-state index is 10.2. The minimum Gasteiger partial charge on any atom is -0.392 e. The molecule has 1 aromatic carbocycles. The van der Waals surface area contributed by atoms with E-state index < -0.39 is 0 Å². The molecule has 0 spiro atoms. The van der Waals surface area contributed by atoms with Gasteiger partial charge in [0.1, 0.15) is 0 Å². The normalized spacial score (nSPS) is 19.6. The highest BCUT2D eigenvalue weighted by Crippen LogP contribution is 2.23. The lowest BCUT2D eigenvalue weighted by atomic mass is 9.89. The number of hydrogen-bond acceptors (Lipinski definition) is 2. The number of piperidine rings is 1. The Labute approximate surface area is 102 Å². The largest absolute Gasteiger partial charge is 0.392 e. The van der Waals surface area contributed by atoms with E-state index in [1.54, 1.807) is 0 Å². The quantitative estimate of drug-likeness (QED) is 0.848. The molecule has 0 radical (unpaired) electrons. The van der Waals surface area contributed by atoms with Crippen molar-refractivity contribution in [1.29, 1.82) is 0 Å². The third-order valence-electron chi connectivity index (χ3n) is 3.31. The molecule has 1 atom stereocenters. The van der Waals surface area contributed by atoms with E-state index in [-0.39, 0.29) is 6.10 Å². The molecule has 3 heteroatoms. The molecule has 1 fully saturated rings. The van der Waals surface area contributed by atoms with E-state index in [0.29, 0.717) is 12.3 Å². The Morgan fingerprint density at radius 3 is 2.69 bits per heavy atom. The van der Waals surface area contributed by atoms with Crippen LogP contribution in [0.4, 0.5) is 0 Å². The number of aliphatic hydroxyl groups excluding tert-OH is 1. The van der Waals surface area contributed by atoms with E-state index in [4.69, 9.17) is 11.6 Å². The fraction of sp³-hybridized carbons (Fsp3) is 0.538. The Morgan fingerprint density at radius 2 is 2.00 bits per heavy atom. The molecule has 1 unspecified atom stereocenters. The van der Waals surface area contributed by atoms with Gasteiger partial charge in [-0.3, -0.25) is 0 Å². The topological polar surface area (TPSA) is 32.3 Å². The van der Waals surface area contributed by atoms with E-state index in [1.807, 2.05) is 24.3 Å². The maximum Gasteiger partial charge on any atom is 0.0610 e. The molecule has 16 heavy (non-hydrogen) atoms. The predicted molar refractivity (Wildman–Crippen MR) is 66.8 cm³/mol. The van der Waals surface area contributed by atoms with Crippen LogP contribution in [0.15, 0.2) is 24.3 Å². The van der Waals surface area contributed by atoms with Gasteiger partial charge in [-0.05, 0) is 43.5 Å². The number of nitrogens with one attached hydrogen (secondary N) is 1. The van der Waals surface area contributed by atoms with Crippen LogP contribution in [0.1, 0.15) is 18.4 Å². The van der Waals surface area contributed by atoms with Gasteiger partial charge in [-0.2, -0.15) is 0 Å². The highest BCUT2D eigenvalue weighted by atomic mass is 35.5. The van der Waals surface area contributed by atoms with Crippen molar-refractivity contribution in [3.63, 3.8) is 0 Å². The van der Waals surface area contributed by atoms with Gasteiger partial charge in [0.05, 0.1) is 6.10 Å². The average molecular weight is 240 g/mol. The highest BCUT2D eigenvalue weighted by Gasteiger charge is 2.22. The molecule has 0 saturated carbocycles. The van der Waals surface area contributed by atoms with Crippen LogP contribution in [0.3, 0.4) is 0 Å². The Bertz CT molecular complexity index is 336. The summed E-state index contributed by atoms with van der Waals surface area (Å²) < 4.78 is 0. The SMILES string of the molecule is OC(Cc1ccccc1Cl)C1CCNCC1. The number of aliphatic hydroxyl groups is 1. The molecule has 0 amide bonds. The standard InChI is InChI=1S/C13H18ClNO/c14-12-4-2-1-3-11(12)9-13(16)10-5-7-15-8-6-10/h1-4,10,13,15-16H,5-9H2. The van der Waals surface area contributed by atoms with Crippen LogP contribution in [-0.4, -0.2) is 24.3 Å². The fourth-order valence-corrected chi connectivity index (χ4v) is 2.50. The second kappa shape index (κ2) is 5.67. The first-order valence-corrected chi connectivity index (χ1v) is 6.27. The molecule has 2 nitrogen and oxygen atoms in total. The Kier molecular flexibility index (Phi) is 4.22. The van der Waals surface area contributed by atoms with Crippen LogP contribution in [0.5, 0.6) is 0 Å². The second-order valence-corrected chi connectivity index (χ2v) is 4.86. The molecular weight excluding hydrogens is 222 g/mol. The fourth-order valence-electron chi connectivity index (χ4n) is 2.28. The van der Waals surface area contributed by atoms with Crippen molar-refractivity contribution in [2.45, 2.75) is 25.4 Å². The van der Waals surface area contributed by atoms with Gasteiger partial charge < -0.3 is 10.4 Å². The van der Waals surface area contributed by atoms with Crippen LogP contribution in [-0.2, 0) is 6.42 Å². The first kappa shape index (κ1) is 11.9. The molecule has 88 valence electrons. The van der Waals surface area contributed by atoms with Crippen LogP contribution < -0.4 is 5.32 Å². The van der Waals surface area contributed by atoms with Crippen molar-refractivity contribution in [2.24, 2.45) is 5.92 Å². The van der Waals surface area contributed by atoms with Gasteiger partial charge in [-0.15, -0.1) is 0 Å². The smallest absolute Gasteiger partial charge is 0.0610 e. The van der Waals surface area contributed by atoms with Gasteiger partial charge >= 0.3 is 0 Å². The zero-order chi connectivity index (χ0) is 11.4. The first-order valence-electron chi connectivity index (χ1n) is 5.89. The van der Waals surface area contributed by atoms with Gasteiger partial charge in [-0.25, -0.2) is 0 Å². The zero-order valence-corrected chi connectivity index (χ0v) is 10.1. The molecule has 1 aliphatic heterocycles. The van der Waals surface area contributed by atoms with Gasteiger partial charge in [0.2, 0.25) is 0 Å². The number of halogens is 1. The Balaban J connectivity index is 1.96. The summed E-state index contributed by atoms with van der Waals surface area (Å²) in [7, 11) is 0. The summed E-state index contributed by atoms with van der Waals surface area (Å²) in [5.74, 6) is 0.414. The number of benzene rings is 1. The zero-order valence-electron chi connectivity index (χ0n) is 9.32. The molecule has 0 aromatic heterocycles. The van der Waals surface area contributed by atoms with E-state index in [9.17, 15) is 5.11 Å². The predicted octanol–water partition coefficient (Wildman–Crippen LogP) is 2.24. The van der Waals surface area contributed by atoms with Crippen LogP contribution in [0, 0.1) is 5.92 Å². The van der Waals surface area contributed by atoms with Crippen LogP contribution >= 0.6 is 11.6 Å². The number of hydrogen-bond donors (Lipinski definition) is 2. The monoisotopic (exact) mass is 239 g/mol. The summed E-state index contributed by atoms with van der Waals surface area (Å²) in [5, 5.41) is 14.2. The van der Waals surface area contributed by atoms with Gasteiger partial charge in [0, 0.05) is 11.4 Å². The lowest BCUT2D eigenvalue weighted by Crippen LogP contribution is -2.35. The van der Waals surface area contributed by atoms with E-state index >= 15 is 0 Å². The van der Waals surface area contributed by atoms with E-state index in [2.05, 4.69) is 5.32 Å². The van der Waals surface area contributed by atoms with Crippen LogP contribution in [0.2, 0.25) is 5.02 Å². The van der Waals surface area contributed by atoms with Crippen molar-refractivity contribution in [3.05, 3.63) is 34.9 Å². The molecule has 0 aliphatic carbocycles. The second-order valence-electron chi connectivity index (χ2n) is 4.45. The van der Waals surface area contributed by atoms with Crippen molar-refractivity contribution in [2.75, 3.05) is 13.1 Å². The van der Waals surface area contributed by atoms with E-state index in [1.165, 1.54) is 0 Å². The molecule has 1 aromatic rings. The van der Waals surface area contributed by atoms with Crippen molar-refractivity contribution in [1.82, 2.24) is 5.32 Å². The van der Waals surface area contributed by atoms with Gasteiger partial charge in [0.15, 0.2) is 0 Å². The van der Waals surface area contributed by atoms with Crippen LogP contribution in [0.25, 0.3) is 0 Å². The lowest BCUT2D eigenvalue weighted by molar-refractivity contribution is 0.0891. The van der Waals surface area contributed by atoms with Gasteiger partial charge in [-0.1, -0.05) is 29.8 Å². The molecule has 0 bridgehead atoms. The summed E-state index contributed by atoms with van der Waals surface area (Å²) in [6.45, 7) is 2.04. The molecule has 2 rings (SSSR count). The Morgan fingerprint density at radius 1 is 1.31 bits per heavy atom. The molecule has 1 heterocycles. The number of rotatable bonds is 3. The summed E-state index contributed by atoms with van der Waals surface area (Å²) >= 11 is 6.08. The van der Waals surface area contributed by atoms with Crippen molar-refractivity contribution in [3.8, 4) is 0 Å². The van der Waals surface area contributed by atoms with E-state index in [0.717, 1.165) is 36.5 Å². The lowest BCUT2D eigenvalue weighted by Gasteiger charge is -2.27. The summed E-state index contributed by atoms with van der Waals surface area (Å²) in [6, 6.07) is 7.76. The molecule has 1 aliphatic rings. The molecule has 2 N–H and O–H groups in total. The first-order chi connectivity index (χ1) is 7.77. The molecular formula is C13H18ClNO. The van der Waals surface area contributed by atoms with Crippen molar-refractivity contribution >= 4 is 11.6 Å². The third kappa shape index (κ3) is 2.97. The van der Waals surface area contributed by atoms with Crippen molar-refractivity contribution < 1.29 is 5.11 Å². The summed E-state index contributed by atoms with van der Waals surface area (Å²) in [4.78, 5) is 0. The molecule has 1 saturated heterocycles. The minimum atomic E-state index is -0.262. The summed E-state index contributed by atoms with van der Waals surface area (Å²) in [6.07, 6.45) is 2.53. The van der Waals surface area contributed by atoms with Gasteiger partial charge in [0.25, 0.3) is 0 Å². The highest BCUT2D eigenvalue weighted by molar-refractivity contribution is 6.31. The third-order valence-corrected chi connectivity index (χ3v) is 3.68. The summed E-state index contributed by atoms with van der Waals surface area (Å²) in [5.41, 5.74) is 1.05.